The van der Waals surface area contributed by atoms with Crippen LogP contribution in [-0.4, -0.2) is 28.5 Å². The minimum absolute atomic E-state index is 0.0432. The standard InChI is InChI=1S/C10H19O5P/c1-2-10(11)15-8-6-4-3-5-7-9-16(12,13)14/h2H,1,3-9H2,(H2,12,13,14). The molecular formula is C10H19O5P. The molecule has 0 aromatic rings. The van der Waals surface area contributed by atoms with Crippen LogP contribution in [0.1, 0.15) is 32.1 Å². The van der Waals surface area contributed by atoms with E-state index in [0.29, 0.717) is 13.0 Å². The second kappa shape index (κ2) is 8.50. The number of hydrogen-bond donors (Lipinski definition) is 2. The van der Waals surface area contributed by atoms with Crippen LogP contribution in [0.15, 0.2) is 12.7 Å². The second-order valence-corrected chi connectivity index (χ2v) is 5.30. The Hall–Kier alpha value is -0.640. The molecule has 0 aliphatic heterocycles. The van der Waals surface area contributed by atoms with E-state index in [2.05, 4.69) is 6.58 Å². The molecule has 0 radical (unpaired) electrons. The molecule has 0 heterocycles. The van der Waals surface area contributed by atoms with Crippen molar-refractivity contribution in [2.45, 2.75) is 32.1 Å². The Balaban J connectivity index is 3.19. The number of carbonyl (C=O) groups excluding carboxylic acids is 1. The molecule has 0 unspecified atom stereocenters. The zero-order chi connectivity index (χ0) is 12.4. The van der Waals surface area contributed by atoms with Gasteiger partial charge in [0.1, 0.15) is 0 Å². The van der Waals surface area contributed by atoms with Crippen molar-refractivity contribution >= 4 is 13.6 Å². The van der Waals surface area contributed by atoms with Crippen molar-refractivity contribution < 1.29 is 23.9 Å². The molecule has 0 aromatic carbocycles. The van der Waals surface area contributed by atoms with Gasteiger partial charge >= 0.3 is 13.6 Å². The predicted molar refractivity (Wildman–Crippen MR) is 61.2 cm³/mol. The van der Waals surface area contributed by atoms with E-state index in [1.54, 1.807) is 0 Å². The summed E-state index contributed by atoms with van der Waals surface area (Å²) >= 11 is 0. The van der Waals surface area contributed by atoms with Gasteiger partial charge in [0, 0.05) is 12.2 Å². The highest BCUT2D eigenvalue weighted by molar-refractivity contribution is 7.51. The van der Waals surface area contributed by atoms with Gasteiger partial charge in [0.15, 0.2) is 0 Å². The lowest BCUT2D eigenvalue weighted by Gasteiger charge is -2.04. The van der Waals surface area contributed by atoms with E-state index < -0.39 is 13.6 Å². The average molecular weight is 250 g/mol. The number of rotatable bonds is 9. The molecular weight excluding hydrogens is 231 g/mol. The molecule has 0 fully saturated rings. The number of unbranched alkanes of at least 4 members (excludes halogenated alkanes) is 4. The molecule has 0 aliphatic rings. The third-order valence-electron chi connectivity index (χ3n) is 2.00. The Kier molecular flexibility index (Phi) is 8.16. The summed E-state index contributed by atoms with van der Waals surface area (Å²) in [6.45, 7) is 3.65. The van der Waals surface area contributed by atoms with E-state index in [1.165, 1.54) is 0 Å². The smallest absolute Gasteiger partial charge is 0.330 e. The summed E-state index contributed by atoms with van der Waals surface area (Å²) < 4.78 is 15.3. The fourth-order valence-electron chi connectivity index (χ4n) is 1.18. The highest BCUT2D eigenvalue weighted by atomic mass is 31.2. The number of esters is 1. The van der Waals surface area contributed by atoms with Crippen LogP contribution in [0.25, 0.3) is 0 Å². The van der Waals surface area contributed by atoms with Crippen LogP contribution < -0.4 is 0 Å². The van der Waals surface area contributed by atoms with Gasteiger partial charge in [-0.3, -0.25) is 4.57 Å². The molecule has 0 bridgehead atoms. The van der Waals surface area contributed by atoms with Crippen LogP contribution >= 0.6 is 7.60 Å². The van der Waals surface area contributed by atoms with Gasteiger partial charge < -0.3 is 14.5 Å². The molecule has 0 aliphatic carbocycles. The van der Waals surface area contributed by atoms with E-state index in [4.69, 9.17) is 14.5 Å². The van der Waals surface area contributed by atoms with Gasteiger partial charge in [0.05, 0.1) is 6.61 Å². The van der Waals surface area contributed by atoms with Gasteiger partial charge in [0.25, 0.3) is 0 Å². The first kappa shape index (κ1) is 15.4. The van der Waals surface area contributed by atoms with Crippen molar-refractivity contribution in [3.05, 3.63) is 12.7 Å². The fraction of sp³-hybridized carbons (Fsp3) is 0.700. The van der Waals surface area contributed by atoms with Crippen molar-refractivity contribution in [2.75, 3.05) is 12.8 Å². The molecule has 0 saturated carbocycles. The third-order valence-corrected chi connectivity index (χ3v) is 2.90. The van der Waals surface area contributed by atoms with Crippen LogP contribution in [0, 0.1) is 0 Å². The summed E-state index contributed by atoms with van der Waals surface area (Å²) in [6.07, 6.45) is 4.97. The third kappa shape index (κ3) is 11.4. The summed E-state index contributed by atoms with van der Waals surface area (Å²) in [5.74, 6) is -0.415. The van der Waals surface area contributed by atoms with E-state index in [1.807, 2.05) is 0 Å². The van der Waals surface area contributed by atoms with Gasteiger partial charge in [0.2, 0.25) is 0 Å². The minimum atomic E-state index is -3.82. The van der Waals surface area contributed by atoms with E-state index in [-0.39, 0.29) is 6.16 Å². The summed E-state index contributed by atoms with van der Waals surface area (Å²) in [5, 5.41) is 0. The molecule has 0 aromatic heterocycles. The Morgan fingerprint density at radius 3 is 2.31 bits per heavy atom. The van der Waals surface area contributed by atoms with Crippen LogP contribution in [0.3, 0.4) is 0 Å². The topological polar surface area (TPSA) is 83.8 Å². The first-order valence-electron chi connectivity index (χ1n) is 5.29. The normalized spacial score (nSPS) is 11.1. The molecule has 0 amide bonds. The van der Waals surface area contributed by atoms with Crippen molar-refractivity contribution in [1.29, 1.82) is 0 Å². The van der Waals surface area contributed by atoms with Crippen LogP contribution in [0.4, 0.5) is 0 Å². The van der Waals surface area contributed by atoms with Crippen molar-refractivity contribution in [3.8, 4) is 0 Å². The number of hydrogen-bond acceptors (Lipinski definition) is 3. The second-order valence-electron chi connectivity index (χ2n) is 3.53. The highest BCUT2D eigenvalue weighted by Gasteiger charge is 2.10. The molecule has 0 atom stereocenters. The quantitative estimate of drug-likeness (QED) is 0.282. The van der Waals surface area contributed by atoms with E-state index >= 15 is 0 Å². The fourth-order valence-corrected chi connectivity index (χ4v) is 1.82. The van der Waals surface area contributed by atoms with Gasteiger partial charge in [-0.1, -0.05) is 25.8 Å². The maximum Gasteiger partial charge on any atom is 0.330 e. The zero-order valence-corrected chi connectivity index (χ0v) is 10.2. The molecule has 0 spiro atoms. The first-order valence-corrected chi connectivity index (χ1v) is 7.09. The Morgan fingerprint density at radius 2 is 1.75 bits per heavy atom. The van der Waals surface area contributed by atoms with Crippen molar-refractivity contribution in [1.82, 2.24) is 0 Å². The SMILES string of the molecule is C=CC(=O)OCCCCCCCP(=O)(O)O. The monoisotopic (exact) mass is 250 g/mol. The largest absolute Gasteiger partial charge is 0.463 e. The summed E-state index contributed by atoms with van der Waals surface area (Å²) in [6, 6.07) is 0. The van der Waals surface area contributed by atoms with Gasteiger partial charge in [-0.15, -0.1) is 0 Å². The van der Waals surface area contributed by atoms with Crippen LogP contribution in [-0.2, 0) is 14.1 Å². The molecule has 16 heavy (non-hydrogen) atoms. The first-order chi connectivity index (χ1) is 7.45. The lowest BCUT2D eigenvalue weighted by atomic mass is 10.2. The maximum absolute atomic E-state index is 10.6. The molecule has 0 saturated heterocycles. The summed E-state index contributed by atoms with van der Waals surface area (Å²) in [7, 11) is -3.82. The highest BCUT2D eigenvalue weighted by Crippen LogP contribution is 2.35. The van der Waals surface area contributed by atoms with E-state index in [0.717, 1.165) is 31.8 Å². The zero-order valence-electron chi connectivity index (χ0n) is 9.30. The molecule has 94 valence electrons. The minimum Gasteiger partial charge on any atom is -0.463 e. The van der Waals surface area contributed by atoms with Crippen LogP contribution in [0.5, 0.6) is 0 Å². The average Bonchev–Trinajstić information content (AvgIpc) is 2.20. The molecule has 2 N–H and O–H groups in total. The molecule has 5 nitrogen and oxygen atoms in total. The predicted octanol–water partition coefficient (Wildman–Crippen LogP) is 1.84. The number of ether oxygens (including phenoxy) is 1. The Bertz CT molecular complexity index is 258. The van der Waals surface area contributed by atoms with E-state index in [9.17, 15) is 9.36 Å². The van der Waals surface area contributed by atoms with Crippen molar-refractivity contribution in [2.24, 2.45) is 0 Å². The van der Waals surface area contributed by atoms with Gasteiger partial charge in [-0.25, -0.2) is 4.79 Å². The molecule has 0 rings (SSSR count). The lowest BCUT2D eigenvalue weighted by molar-refractivity contribution is -0.137. The van der Waals surface area contributed by atoms with Gasteiger partial charge in [-0.2, -0.15) is 0 Å². The molecule has 6 heteroatoms. The maximum atomic E-state index is 10.6. The van der Waals surface area contributed by atoms with Crippen LogP contribution in [0.2, 0.25) is 0 Å². The van der Waals surface area contributed by atoms with Gasteiger partial charge in [-0.05, 0) is 12.8 Å². The lowest BCUT2D eigenvalue weighted by Crippen LogP contribution is -2.01. The number of carbonyl (C=O) groups is 1. The van der Waals surface area contributed by atoms with Crippen molar-refractivity contribution in [3.63, 3.8) is 0 Å². The summed E-state index contributed by atoms with van der Waals surface area (Å²) in [5.41, 5.74) is 0. The summed E-state index contributed by atoms with van der Waals surface area (Å²) in [4.78, 5) is 27.8. The Morgan fingerprint density at radius 1 is 1.19 bits per heavy atom. The Labute approximate surface area is 95.7 Å².